The third-order valence-electron chi connectivity index (χ3n) is 3.26. The molecule has 0 aliphatic carbocycles. The van der Waals surface area contributed by atoms with Crippen LogP contribution in [0.1, 0.15) is 11.1 Å². The smallest absolute Gasteiger partial charge is 0.133 e. The van der Waals surface area contributed by atoms with Crippen molar-refractivity contribution in [3.63, 3.8) is 0 Å². The molecule has 0 amide bonds. The van der Waals surface area contributed by atoms with Crippen molar-refractivity contribution in [3.8, 4) is 11.5 Å². The van der Waals surface area contributed by atoms with Gasteiger partial charge < -0.3 is 9.47 Å². The first-order valence-corrected chi connectivity index (χ1v) is 7.55. The third-order valence-corrected chi connectivity index (χ3v) is 3.88. The lowest BCUT2D eigenvalue weighted by atomic mass is 10.1. The van der Waals surface area contributed by atoms with Crippen LogP contribution in [0.2, 0.25) is 0 Å². The van der Waals surface area contributed by atoms with Crippen molar-refractivity contribution in [2.45, 2.75) is 13.1 Å². The Balaban J connectivity index is 2.00. The number of hydrogen-bond acceptors (Lipinski definition) is 3. The van der Waals surface area contributed by atoms with E-state index in [1.165, 1.54) is 11.1 Å². The first kappa shape index (κ1) is 15.9. The predicted octanol–water partition coefficient (Wildman–Crippen LogP) is 4.10. The van der Waals surface area contributed by atoms with Crippen LogP contribution in [0.15, 0.2) is 46.9 Å². The molecule has 0 N–H and O–H groups in total. The van der Waals surface area contributed by atoms with Crippen molar-refractivity contribution in [1.29, 1.82) is 0 Å². The lowest BCUT2D eigenvalue weighted by molar-refractivity contribution is 0.318. The fourth-order valence-electron chi connectivity index (χ4n) is 2.26. The monoisotopic (exact) mass is 349 g/mol. The molecule has 112 valence electrons. The zero-order chi connectivity index (χ0) is 15.2. The Kier molecular flexibility index (Phi) is 5.65. The van der Waals surface area contributed by atoms with Gasteiger partial charge in [-0.15, -0.1) is 0 Å². The van der Waals surface area contributed by atoms with Crippen LogP contribution in [0.4, 0.5) is 0 Å². The van der Waals surface area contributed by atoms with Crippen LogP contribution in [0.3, 0.4) is 0 Å². The zero-order valence-electron chi connectivity index (χ0n) is 12.6. The summed E-state index contributed by atoms with van der Waals surface area (Å²) in [5.41, 5.74) is 2.48. The van der Waals surface area contributed by atoms with E-state index in [4.69, 9.17) is 9.47 Å². The minimum absolute atomic E-state index is 0.856. The molecule has 0 unspecified atom stereocenters. The number of halogens is 1. The average molecular weight is 350 g/mol. The Morgan fingerprint density at radius 3 is 2.29 bits per heavy atom. The Labute approximate surface area is 134 Å². The van der Waals surface area contributed by atoms with Gasteiger partial charge in [-0.25, -0.2) is 0 Å². The summed E-state index contributed by atoms with van der Waals surface area (Å²) in [5, 5.41) is 0. The maximum atomic E-state index is 5.26. The van der Waals surface area contributed by atoms with Gasteiger partial charge in [0.25, 0.3) is 0 Å². The van der Waals surface area contributed by atoms with Crippen molar-refractivity contribution in [2.24, 2.45) is 0 Å². The molecule has 0 bridgehead atoms. The second-order valence-electron chi connectivity index (χ2n) is 4.99. The SMILES string of the molecule is COc1cccc(CN(C)Cc2ccc(OC)c(Br)c2)c1. The van der Waals surface area contributed by atoms with Gasteiger partial charge in [0.2, 0.25) is 0 Å². The summed E-state index contributed by atoms with van der Waals surface area (Å²) in [6, 6.07) is 14.3. The maximum Gasteiger partial charge on any atom is 0.133 e. The highest BCUT2D eigenvalue weighted by Gasteiger charge is 2.06. The Morgan fingerprint density at radius 1 is 0.952 bits per heavy atom. The van der Waals surface area contributed by atoms with E-state index < -0.39 is 0 Å². The van der Waals surface area contributed by atoms with Crippen LogP contribution in [0.5, 0.6) is 11.5 Å². The van der Waals surface area contributed by atoms with Gasteiger partial charge in [-0.05, 0) is 58.4 Å². The Morgan fingerprint density at radius 2 is 1.67 bits per heavy atom. The topological polar surface area (TPSA) is 21.7 Å². The van der Waals surface area contributed by atoms with Crippen molar-refractivity contribution < 1.29 is 9.47 Å². The second kappa shape index (κ2) is 7.48. The lowest BCUT2D eigenvalue weighted by Gasteiger charge is -2.18. The minimum Gasteiger partial charge on any atom is -0.497 e. The van der Waals surface area contributed by atoms with Crippen LogP contribution >= 0.6 is 15.9 Å². The quantitative estimate of drug-likeness (QED) is 0.783. The van der Waals surface area contributed by atoms with Crippen LogP contribution in [-0.2, 0) is 13.1 Å². The van der Waals surface area contributed by atoms with Crippen LogP contribution in [0, 0.1) is 0 Å². The summed E-state index contributed by atoms with van der Waals surface area (Å²) in [6.07, 6.45) is 0. The predicted molar refractivity (Wildman–Crippen MR) is 88.9 cm³/mol. The van der Waals surface area contributed by atoms with E-state index in [0.717, 1.165) is 29.1 Å². The van der Waals surface area contributed by atoms with Crippen molar-refractivity contribution >= 4 is 15.9 Å². The van der Waals surface area contributed by atoms with Gasteiger partial charge in [0, 0.05) is 13.1 Å². The highest BCUT2D eigenvalue weighted by molar-refractivity contribution is 9.10. The molecule has 0 saturated carbocycles. The normalized spacial score (nSPS) is 10.7. The van der Waals surface area contributed by atoms with E-state index in [1.54, 1.807) is 14.2 Å². The molecule has 0 spiro atoms. The molecule has 3 nitrogen and oxygen atoms in total. The number of benzene rings is 2. The Bertz CT molecular complexity index is 601. The summed E-state index contributed by atoms with van der Waals surface area (Å²) in [6.45, 7) is 1.75. The average Bonchev–Trinajstić information content (AvgIpc) is 2.47. The fourth-order valence-corrected chi connectivity index (χ4v) is 2.85. The first-order valence-electron chi connectivity index (χ1n) is 6.76. The first-order chi connectivity index (χ1) is 10.1. The molecule has 0 aliphatic rings. The van der Waals surface area contributed by atoms with E-state index in [-0.39, 0.29) is 0 Å². The molecule has 2 aromatic rings. The molecule has 0 saturated heterocycles. The van der Waals surface area contributed by atoms with Crippen LogP contribution in [0.25, 0.3) is 0 Å². The molecular formula is C17H20BrNO2. The van der Waals surface area contributed by atoms with E-state index in [1.807, 2.05) is 18.2 Å². The van der Waals surface area contributed by atoms with Gasteiger partial charge in [0.05, 0.1) is 18.7 Å². The molecule has 0 radical (unpaired) electrons. The number of methoxy groups -OCH3 is 2. The van der Waals surface area contributed by atoms with Crippen LogP contribution in [-0.4, -0.2) is 26.2 Å². The summed E-state index contributed by atoms with van der Waals surface area (Å²) >= 11 is 3.52. The minimum atomic E-state index is 0.856. The molecule has 0 aromatic heterocycles. The number of nitrogens with zero attached hydrogens (tertiary/aromatic N) is 1. The van der Waals surface area contributed by atoms with Gasteiger partial charge in [0.15, 0.2) is 0 Å². The van der Waals surface area contributed by atoms with Gasteiger partial charge in [0.1, 0.15) is 11.5 Å². The van der Waals surface area contributed by atoms with Gasteiger partial charge in [-0.1, -0.05) is 18.2 Å². The molecule has 0 heterocycles. The van der Waals surface area contributed by atoms with Crippen LogP contribution < -0.4 is 9.47 Å². The fraction of sp³-hybridized carbons (Fsp3) is 0.294. The van der Waals surface area contributed by atoms with E-state index in [2.05, 4.69) is 52.1 Å². The van der Waals surface area contributed by atoms with Gasteiger partial charge >= 0.3 is 0 Å². The molecule has 2 rings (SSSR count). The number of hydrogen-bond donors (Lipinski definition) is 0. The zero-order valence-corrected chi connectivity index (χ0v) is 14.2. The molecule has 21 heavy (non-hydrogen) atoms. The van der Waals surface area contributed by atoms with Crippen molar-refractivity contribution in [3.05, 3.63) is 58.1 Å². The second-order valence-corrected chi connectivity index (χ2v) is 5.85. The standard InChI is InChI=1S/C17H20BrNO2/c1-19(11-13-5-4-6-15(9-13)20-2)12-14-7-8-17(21-3)16(18)10-14/h4-10H,11-12H2,1-3H3. The van der Waals surface area contributed by atoms with Gasteiger partial charge in [-0.2, -0.15) is 0 Å². The Hall–Kier alpha value is -1.52. The molecule has 0 atom stereocenters. The lowest BCUT2D eigenvalue weighted by Crippen LogP contribution is -2.17. The summed E-state index contributed by atoms with van der Waals surface area (Å²) in [5.74, 6) is 1.75. The van der Waals surface area contributed by atoms with Gasteiger partial charge in [-0.3, -0.25) is 4.90 Å². The van der Waals surface area contributed by atoms with E-state index >= 15 is 0 Å². The summed E-state index contributed by atoms with van der Waals surface area (Å²) < 4.78 is 11.5. The van der Waals surface area contributed by atoms with Crippen molar-refractivity contribution in [1.82, 2.24) is 4.90 Å². The molecule has 4 heteroatoms. The molecular weight excluding hydrogens is 330 g/mol. The summed E-state index contributed by atoms with van der Waals surface area (Å²) in [7, 11) is 5.48. The van der Waals surface area contributed by atoms with Crippen molar-refractivity contribution in [2.75, 3.05) is 21.3 Å². The molecule has 0 fully saturated rings. The van der Waals surface area contributed by atoms with E-state index in [9.17, 15) is 0 Å². The molecule has 0 aliphatic heterocycles. The highest BCUT2D eigenvalue weighted by Crippen LogP contribution is 2.26. The largest absolute Gasteiger partial charge is 0.497 e. The third kappa shape index (κ3) is 4.48. The summed E-state index contributed by atoms with van der Waals surface area (Å²) in [4.78, 5) is 2.27. The van der Waals surface area contributed by atoms with E-state index in [0.29, 0.717) is 0 Å². The highest BCUT2D eigenvalue weighted by atomic mass is 79.9. The number of rotatable bonds is 6. The number of ether oxygens (including phenoxy) is 2. The molecule has 2 aromatic carbocycles. The maximum absolute atomic E-state index is 5.26.